The lowest BCUT2D eigenvalue weighted by molar-refractivity contribution is 0.141. The van der Waals surface area contributed by atoms with Gasteiger partial charge in [-0.2, -0.15) is 0 Å². The summed E-state index contributed by atoms with van der Waals surface area (Å²) in [5, 5.41) is 4.12. The van der Waals surface area contributed by atoms with Gasteiger partial charge in [0.1, 0.15) is 17.9 Å². The lowest BCUT2D eigenvalue weighted by Gasteiger charge is -2.14. The summed E-state index contributed by atoms with van der Waals surface area (Å²) in [4.78, 5) is 4.59. The molecular formula is C22H23ClN2O3. The summed E-state index contributed by atoms with van der Waals surface area (Å²) in [7, 11) is 0. The lowest BCUT2D eigenvalue weighted by Crippen LogP contribution is -2.15. The molecule has 2 aromatic carbocycles. The molecule has 0 radical (unpaired) electrons. The van der Waals surface area contributed by atoms with E-state index in [1.807, 2.05) is 62.4 Å². The molecule has 0 unspecified atom stereocenters. The Morgan fingerprint density at radius 1 is 1.14 bits per heavy atom. The zero-order chi connectivity index (χ0) is 19.5. The highest BCUT2D eigenvalue weighted by Crippen LogP contribution is 2.29. The molecule has 2 heterocycles. The minimum absolute atomic E-state index is 0.0743. The Morgan fingerprint density at radius 3 is 2.57 bits per heavy atom. The maximum Gasteiger partial charge on any atom is 0.217 e. The molecule has 1 N–H and O–H groups in total. The zero-order valence-corrected chi connectivity index (χ0v) is 16.7. The first-order valence-electron chi connectivity index (χ1n) is 9.43. The fraction of sp³-hybridized carbons (Fsp3) is 0.318. The van der Waals surface area contributed by atoms with Crippen molar-refractivity contribution in [1.29, 1.82) is 0 Å². The van der Waals surface area contributed by atoms with Crippen molar-refractivity contribution in [3.63, 3.8) is 0 Å². The molecule has 3 aromatic rings. The molecule has 1 aromatic heterocycles. The standard InChI is InChI=1S/C22H23ClN2O3/c1-14-21(16-3-5-17(23)6-4-16)28-22(25-14)15(2)24-18-7-9-19(10-8-18)27-20-11-12-26-13-20/h3-10,15,20,24H,11-13H2,1-2H3/t15-,20-/m0/s1. The molecule has 28 heavy (non-hydrogen) atoms. The number of aromatic nitrogens is 1. The average Bonchev–Trinajstić information content (AvgIpc) is 3.34. The predicted octanol–water partition coefficient (Wildman–Crippen LogP) is 5.64. The number of oxazole rings is 1. The smallest absolute Gasteiger partial charge is 0.217 e. The molecule has 1 aliphatic heterocycles. The van der Waals surface area contributed by atoms with Gasteiger partial charge in [-0.3, -0.25) is 0 Å². The van der Waals surface area contributed by atoms with Gasteiger partial charge in [-0.25, -0.2) is 4.98 Å². The number of nitrogens with one attached hydrogen (secondary N) is 1. The monoisotopic (exact) mass is 398 g/mol. The van der Waals surface area contributed by atoms with Crippen LogP contribution >= 0.6 is 11.6 Å². The second-order valence-corrected chi connectivity index (χ2v) is 7.40. The van der Waals surface area contributed by atoms with Crippen LogP contribution in [0.5, 0.6) is 5.75 Å². The second kappa shape index (κ2) is 8.25. The fourth-order valence-corrected chi connectivity index (χ4v) is 3.34. The summed E-state index contributed by atoms with van der Waals surface area (Å²) < 4.78 is 17.3. The third-order valence-corrected chi connectivity index (χ3v) is 4.97. The van der Waals surface area contributed by atoms with Gasteiger partial charge in [0.2, 0.25) is 5.89 Å². The third-order valence-electron chi connectivity index (χ3n) is 4.72. The topological polar surface area (TPSA) is 56.5 Å². The molecule has 146 valence electrons. The molecule has 0 bridgehead atoms. The fourth-order valence-electron chi connectivity index (χ4n) is 3.21. The van der Waals surface area contributed by atoms with E-state index in [-0.39, 0.29) is 12.1 Å². The number of aryl methyl sites for hydroxylation is 1. The second-order valence-electron chi connectivity index (χ2n) is 6.97. The van der Waals surface area contributed by atoms with E-state index in [9.17, 15) is 0 Å². The molecule has 0 aliphatic carbocycles. The molecule has 1 saturated heterocycles. The zero-order valence-electron chi connectivity index (χ0n) is 15.9. The van der Waals surface area contributed by atoms with Crippen molar-refractivity contribution in [3.05, 3.63) is 65.1 Å². The van der Waals surface area contributed by atoms with Crippen LogP contribution in [0, 0.1) is 6.92 Å². The van der Waals surface area contributed by atoms with E-state index >= 15 is 0 Å². The Kier molecular flexibility index (Phi) is 5.55. The molecular weight excluding hydrogens is 376 g/mol. The highest BCUT2D eigenvalue weighted by atomic mass is 35.5. The largest absolute Gasteiger partial charge is 0.488 e. The van der Waals surface area contributed by atoms with Gasteiger partial charge in [0.05, 0.1) is 18.9 Å². The molecule has 6 heteroatoms. The van der Waals surface area contributed by atoms with Crippen LogP contribution in [-0.4, -0.2) is 24.3 Å². The summed E-state index contributed by atoms with van der Waals surface area (Å²) in [6, 6.07) is 15.4. The van der Waals surface area contributed by atoms with Crippen LogP contribution < -0.4 is 10.1 Å². The molecule has 1 fully saturated rings. The summed E-state index contributed by atoms with van der Waals surface area (Å²) in [6.45, 7) is 5.41. The number of halogens is 1. The normalized spacial score (nSPS) is 17.5. The minimum Gasteiger partial charge on any atom is -0.488 e. The number of ether oxygens (including phenoxy) is 2. The summed E-state index contributed by atoms with van der Waals surface area (Å²) in [6.07, 6.45) is 1.09. The Labute approximate surface area is 169 Å². The van der Waals surface area contributed by atoms with Gasteiger partial charge >= 0.3 is 0 Å². The van der Waals surface area contributed by atoms with E-state index in [1.54, 1.807) is 0 Å². The van der Waals surface area contributed by atoms with E-state index in [4.69, 9.17) is 25.5 Å². The number of hydrogen-bond donors (Lipinski definition) is 1. The molecule has 0 saturated carbocycles. The Balaban J connectivity index is 1.42. The first-order valence-corrected chi connectivity index (χ1v) is 9.80. The van der Waals surface area contributed by atoms with Crippen LogP contribution in [0.4, 0.5) is 5.69 Å². The van der Waals surface area contributed by atoms with E-state index in [1.165, 1.54) is 0 Å². The molecule has 1 aliphatic rings. The van der Waals surface area contributed by atoms with Crippen LogP contribution in [0.2, 0.25) is 5.02 Å². The van der Waals surface area contributed by atoms with Crippen LogP contribution in [-0.2, 0) is 4.74 Å². The van der Waals surface area contributed by atoms with Crippen LogP contribution in [0.15, 0.2) is 52.9 Å². The van der Waals surface area contributed by atoms with Crippen molar-refractivity contribution in [2.45, 2.75) is 32.4 Å². The summed E-state index contributed by atoms with van der Waals surface area (Å²) in [5.41, 5.74) is 2.80. The van der Waals surface area contributed by atoms with Gasteiger partial charge < -0.3 is 19.2 Å². The number of anilines is 1. The van der Waals surface area contributed by atoms with Gasteiger partial charge in [0.25, 0.3) is 0 Å². The van der Waals surface area contributed by atoms with Crippen LogP contribution in [0.1, 0.15) is 31.0 Å². The number of hydrogen-bond acceptors (Lipinski definition) is 5. The minimum atomic E-state index is -0.0743. The Morgan fingerprint density at radius 2 is 1.89 bits per heavy atom. The predicted molar refractivity (Wildman–Crippen MR) is 110 cm³/mol. The van der Waals surface area contributed by atoms with Crippen LogP contribution in [0.3, 0.4) is 0 Å². The summed E-state index contributed by atoms with van der Waals surface area (Å²) in [5.74, 6) is 2.26. The maximum atomic E-state index is 6.03. The van der Waals surface area contributed by atoms with E-state index in [0.29, 0.717) is 17.5 Å². The molecule has 4 rings (SSSR count). The van der Waals surface area contributed by atoms with Crippen LogP contribution in [0.25, 0.3) is 11.3 Å². The van der Waals surface area contributed by atoms with Crippen molar-refractivity contribution in [2.75, 3.05) is 18.5 Å². The SMILES string of the molecule is Cc1nc([C@H](C)Nc2ccc(O[C@H]3CCOC3)cc2)oc1-c1ccc(Cl)cc1. The number of benzene rings is 2. The molecule has 0 spiro atoms. The van der Waals surface area contributed by atoms with Crippen molar-refractivity contribution in [2.24, 2.45) is 0 Å². The van der Waals surface area contributed by atoms with Crippen molar-refractivity contribution in [1.82, 2.24) is 4.98 Å². The van der Waals surface area contributed by atoms with E-state index < -0.39 is 0 Å². The van der Waals surface area contributed by atoms with Gasteiger partial charge in [-0.15, -0.1) is 0 Å². The average molecular weight is 399 g/mol. The number of nitrogens with zero attached hydrogens (tertiary/aromatic N) is 1. The highest BCUT2D eigenvalue weighted by molar-refractivity contribution is 6.30. The van der Waals surface area contributed by atoms with Gasteiger partial charge in [0, 0.05) is 22.7 Å². The quantitative estimate of drug-likeness (QED) is 0.581. The molecule has 5 nitrogen and oxygen atoms in total. The lowest BCUT2D eigenvalue weighted by atomic mass is 10.1. The van der Waals surface area contributed by atoms with Crippen molar-refractivity contribution >= 4 is 17.3 Å². The van der Waals surface area contributed by atoms with E-state index in [2.05, 4.69) is 10.3 Å². The van der Waals surface area contributed by atoms with E-state index in [0.717, 1.165) is 41.5 Å². The molecule has 2 atom stereocenters. The third kappa shape index (κ3) is 4.32. The number of rotatable bonds is 6. The Bertz CT molecular complexity index is 916. The van der Waals surface area contributed by atoms with Gasteiger partial charge in [0.15, 0.2) is 5.76 Å². The first kappa shape index (κ1) is 18.8. The van der Waals surface area contributed by atoms with Gasteiger partial charge in [-0.05, 0) is 62.4 Å². The first-order chi connectivity index (χ1) is 13.6. The highest BCUT2D eigenvalue weighted by Gasteiger charge is 2.18. The van der Waals surface area contributed by atoms with Crippen molar-refractivity contribution < 1.29 is 13.9 Å². The van der Waals surface area contributed by atoms with Crippen molar-refractivity contribution in [3.8, 4) is 17.1 Å². The Hall–Kier alpha value is -2.50. The van der Waals surface area contributed by atoms with Gasteiger partial charge in [-0.1, -0.05) is 11.6 Å². The summed E-state index contributed by atoms with van der Waals surface area (Å²) >= 11 is 5.97. The molecule has 0 amide bonds. The maximum absolute atomic E-state index is 6.03.